The summed E-state index contributed by atoms with van der Waals surface area (Å²) in [7, 11) is 0. The Hall–Kier alpha value is -1.69. The van der Waals surface area contributed by atoms with Gasteiger partial charge in [0, 0.05) is 23.5 Å². The first-order valence-corrected chi connectivity index (χ1v) is 8.61. The molecule has 4 nitrogen and oxygen atoms in total. The summed E-state index contributed by atoms with van der Waals surface area (Å²) in [6, 6.07) is 7.49. The number of nitrogens with zero attached hydrogens (tertiary/aromatic N) is 4. The van der Waals surface area contributed by atoms with Crippen molar-refractivity contribution in [2.45, 2.75) is 20.0 Å². The van der Waals surface area contributed by atoms with Gasteiger partial charge in [0.1, 0.15) is 10.3 Å². The van der Waals surface area contributed by atoms with Gasteiger partial charge in [-0.1, -0.05) is 35.3 Å². The normalized spacial score (nSPS) is 11.9. The van der Waals surface area contributed by atoms with Crippen LogP contribution in [0.3, 0.4) is 0 Å². The van der Waals surface area contributed by atoms with E-state index < -0.39 is 0 Å². The van der Waals surface area contributed by atoms with Crippen molar-refractivity contribution in [3.8, 4) is 0 Å². The van der Waals surface area contributed by atoms with Crippen molar-refractivity contribution in [1.29, 1.82) is 0 Å². The van der Waals surface area contributed by atoms with Crippen LogP contribution in [-0.2, 0) is 13.1 Å². The second-order valence-corrected chi connectivity index (χ2v) is 6.65. The Kier molecular flexibility index (Phi) is 5.10. The summed E-state index contributed by atoms with van der Waals surface area (Å²) in [6.07, 6.45) is 3.54. The van der Waals surface area contributed by atoms with Gasteiger partial charge in [0.15, 0.2) is 4.80 Å². The first-order chi connectivity index (χ1) is 11.1. The Bertz CT molecular complexity index is 851. The summed E-state index contributed by atoms with van der Waals surface area (Å²) in [6.45, 7) is 3.36. The number of aromatic nitrogens is 3. The van der Waals surface area contributed by atoms with Gasteiger partial charge in [-0.2, -0.15) is 0 Å². The van der Waals surface area contributed by atoms with Crippen LogP contribution < -0.4 is 4.80 Å². The molecule has 0 saturated heterocycles. The molecule has 0 aliphatic heterocycles. The zero-order chi connectivity index (χ0) is 16.2. The maximum atomic E-state index is 5.84. The van der Waals surface area contributed by atoms with Crippen molar-refractivity contribution in [1.82, 2.24) is 14.5 Å². The first kappa shape index (κ1) is 16.2. The Morgan fingerprint density at radius 2 is 1.70 bits per heavy atom. The van der Waals surface area contributed by atoms with E-state index in [-0.39, 0.29) is 0 Å². The van der Waals surface area contributed by atoms with Gasteiger partial charge in [0.2, 0.25) is 0 Å². The molecule has 0 aliphatic carbocycles. The van der Waals surface area contributed by atoms with Crippen LogP contribution in [0.2, 0.25) is 10.3 Å². The fourth-order valence-electron chi connectivity index (χ4n) is 2.07. The highest BCUT2D eigenvalue weighted by Crippen LogP contribution is 2.10. The zero-order valence-electron chi connectivity index (χ0n) is 12.4. The highest BCUT2D eigenvalue weighted by Gasteiger charge is 2.03. The molecule has 0 aliphatic rings. The average Bonchev–Trinajstić information content (AvgIpc) is 2.89. The van der Waals surface area contributed by atoms with E-state index in [9.17, 15) is 0 Å². The Morgan fingerprint density at radius 3 is 2.30 bits per heavy atom. The number of hydrogen-bond acceptors (Lipinski definition) is 4. The molecule has 3 heterocycles. The molecule has 7 heteroatoms. The molecule has 0 aromatic carbocycles. The summed E-state index contributed by atoms with van der Waals surface area (Å²) < 4.78 is 2.17. The van der Waals surface area contributed by atoms with Gasteiger partial charge < -0.3 is 4.57 Å². The number of thiazole rings is 1. The molecule has 118 valence electrons. The van der Waals surface area contributed by atoms with Gasteiger partial charge >= 0.3 is 0 Å². The number of pyridine rings is 2. The molecule has 0 atom stereocenters. The second-order valence-electron chi connectivity index (χ2n) is 5.04. The lowest BCUT2D eigenvalue weighted by atomic mass is 10.3. The summed E-state index contributed by atoms with van der Waals surface area (Å²) in [5.41, 5.74) is 3.28. The van der Waals surface area contributed by atoms with E-state index in [4.69, 9.17) is 28.2 Å². The maximum absolute atomic E-state index is 5.84. The van der Waals surface area contributed by atoms with Crippen molar-refractivity contribution in [3.05, 3.63) is 74.0 Å². The monoisotopic (exact) mass is 364 g/mol. The van der Waals surface area contributed by atoms with E-state index in [1.807, 2.05) is 12.1 Å². The standard InChI is InChI=1S/C16H14Cl2N4S/c1-11-10-23-16(21-7-12-2-4-14(17)19-6-12)22(11)9-13-3-5-15(18)20-8-13/h2-6,8,10H,7,9H2,1H3. The predicted octanol–water partition coefficient (Wildman–Crippen LogP) is 4.10. The fraction of sp³-hybridized carbons (Fsp3) is 0.188. The average molecular weight is 365 g/mol. The molecule has 0 bridgehead atoms. The Labute approximate surface area is 148 Å². The minimum Gasteiger partial charge on any atom is -0.317 e. The van der Waals surface area contributed by atoms with Crippen LogP contribution >= 0.6 is 34.5 Å². The topological polar surface area (TPSA) is 43.1 Å². The van der Waals surface area contributed by atoms with Crippen molar-refractivity contribution < 1.29 is 0 Å². The van der Waals surface area contributed by atoms with Crippen molar-refractivity contribution in [3.63, 3.8) is 0 Å². The van der Waals surface area contributed by atoms with Gasteiger partial charge in [-0.05, 0) is 30.2 Å². The minimum absolute atomic E-state index is 0.492. The number of hydrogen-bond donors (Lipinski definition) is 0. The lowest BCUT2D eigenvalue weighted by Crippen LogP contribution is -2.17. The SMILES string of the molecule is Cc1csc(=NCc2ccc(Cl)nc2)n1Cc1ccc(Cl)nc1. The van der Waals surface area contributed by atoms with Gasteiger partial charge in [0.05, 0.1) is 13.1 Å². The minimum atomic E-state index is 0.492. The summed E-state index contributed by atoms with van der Waals surface area (Å²) >= 11 is 13.3. The number of rotatable bonds is 4. The molecule has 0 radical (unpaired) electrons. The molecule has 0 saturated carbocycles. The zero-order valence-corrected chi connectivity index (χ0v) is 14.7. The van der Waals surface area contributed by atoms with Crippen LogP contribution in [0.4, 0.5) is 0 Å². The summed E-state index contributed by atoms with van der Waals surface area (Å²) in [5.74, 6) is 0. The van der Waals surface area contributed by atoms with Gasteiger partial charge in [-0.25, -0.2) is 9.97 Å². The number of aryl methyl sites for hydroxylation is 1. The third kappa shape index (κ3) is 4.19. The van der Waals surface area contributed by atoms with Gasteiger partial charge in [-0.3, -0.25) is 4.99 Å². The lowest BCUT2D eigenvalue weighted by molar-refractivity contribution is 0.726. The number of halogens is 2. The quantitative estimate of drug-likeness (QED) is 0.653. The summed E-state index contributed by atoms with van der Waals surface area (Å²) in [4.78, 5) is 13.9. The third-order valence-corrected chi connectivity index (χ3v) is 4.77. The molecule has 23 heavy (non-hydrogen) atoms. The molecule has 0 unspecified atom stereocenters. The predicted molar refractivity (Wildman–Crippen MR) is 93.9 cm³/mol. The van der Waals surface area contributed by atoms with E-state index in [1.165, 1.54) is 0 Å². The largest absolute Gasteiger partial charge is 0.317 e. The first-order valence-electron chi connectivity index (χ1n) is 6.98. The van der Waals surface area contributed by atoms with Gasteiger partial charge in [0.25, 0.3) is 0 Å². The van der Waals surface area contributed by atoms with Crippen LogP contribution in [0.15, 0.2) is 47.0 Å². The van der Waals surface area contributed by atoms with E-state index in [2.05, 4.69) is 26.8 Å². The van der Waals surface area contributed by atoms with E-state index in [0.717, 1.165) is 28.2 Å². The Balaban J connectivity index is 1.84. The second kappa shape index (κ2) is 7.25. The molecular weight excluding hydrogens is 351 g/mol. The van der Waals surface area contributed by atoms with E-state index in [1.54, 1.807) is 35.9 Å². The molecule has 0 amide bonds. The van der Waals surface area contributed by atoms with E-state index in [0.29, 0.717) is 16.9 Å². The highest BCUT2D eigenvalue weighted by molar-refractivity contribution is 7.07. The molecule has 3 rings (SSSR count). The highest BCUT2D eigenvalue weighted by atomic mass is 35.5. The van der Waals surface area contributed by atoms with Crippen LogP contribution in [0.5, 0.6) is 0 Å². The molecule has 3 aromatic rings. The lowest BCUT2D eigenvalue weighted by Gasteiger charge is -2.06. The Morgan fingerprint density at radius 1 is 1.04 bits per heavy atom. The molecule has 0 spiro atoms. The van der Waals surface area contributed by atoms with Crippen molar-refractivity contribution in [2.75, 3.05) is 0 Å². The van der Waals surface area contributed by atoms with Crippen LogP contribution in [0.25, 0.3) is 0 Å². The summed E-state index contributed by atoms with van der Waals surface area (Å²) in [5, 5.41) is 3.09. The van der Waals surface area contributed by atoms with Crippen LogP contribution in [-0.4, -0.2) is 14.5 Å². The molecule has 0 N–H and O–H groups in total. The maximum Gasteiger partial charge on any atom is 0.185 e. The molecule has 3 aromatic heterocycles. The smallest absolute Gasteiger partial charge is 0.185 e. The van der Waals surface area contributed by atoms with Gasteiger partial charge in [-0.15, -0.1) is 11.3 Å². The van der Waals surface area contributed by atoms with E-state index >= 15 is 0 Å². The van der Waals surface area contributed by atoms with Crippen molar-refractivity contribution in [2.24, 2.45) is 4.99 Å². The fourth-order valence-corrected chi connectivity index (χ4v) is 3.17. The molecular formula is C16H14Cl2N4S. The van der Waals surface area contributed by atoms with Crippen LogP contribution in [0, 0.1) is 6.92 Å². The van der Waals surface area contributed by atoms with Crippen molar-refractivity contribution >= 4 is 34.5 Å². The molecule has 0 fully saturated rings. The third-order valence-electron chi connectivity index (χ3n) is 3.31. The van der Waals surface area contributed by atoms with Crippen LogP contribution in [0.1, 0.15) is 16.8 Å².